The molecule has 1 amide bonds. The summed E-state index contributed by atoms with van der Waals surface area (Å²) < 4.78 is 0. The first-order valence-electron chi connectivity index (χ1n) is 5.66. The number of nitrogens with two attached hydrogens (primary N) is 1. The molecule has 3 heteroatoms. The molecule has 1 heterocycles. The summed E-state index contributed by atoms with van der Waals surface area (Å²) in [6, 6.07) is 0. The number of rotatable bonds is 5. The summed E-state index contributed by atoms with van der Waals surface area (Å²) >= 11 is 0. The Morgan fingerprint density at radius 3 is 2.43 bits per heavy atom. The van der Waals surface area contributed by atoms with Gasteiger partial charge in [0.05, 0.1) is 5.92 Å². The Hall–Kier alpha value is -0.570. The lowest BCUT2D eigenvalue weighted by atomic mass is 9.71. The molecule has 0 bridgehead atoms. The maximum atomic E-state index is 11.3. The second-order valence-corrected chi connectivity index (χ2v) is 4.45. The topological polar surface area (TPSA) is 55.1 Å². The van der Waals surface area contributed by atoms with Crippen LogP contribution in [0, 0.1) is 11.3 Å². The normalized spacial score (nSPS) is 25.1. The maximum Gasteiger partial charge on any atom is 0.222 e. The van der Waals surface area contributed by atoms with Gasteiger partial charge in [0.15, 0.2) is 0 Å². The molecule has 1 unspecified atom stereocenters. The molecule has 3 N–H and O–H groups in total. The molecule has 1 aliphatic heterocycles. The Morgan fingerprint density at radius 1 is 1.43 bits per heavy atom. The molecule has 1 atom stereocenters. The molecule has 0 saturated carbocycles. The minimum atomic E-state index is -0.128. The third-order valence-electron chi connectivity index (χ3n) is 3.40. The number of hydrogen-bond acceptors (Lipinski definition) is 2. The highest BCUT2D eigenvalue weighted by Crippen LogP contribution is 2.40. The van der Waals surface area contributed by atoms with Crippen LogP contribution in [0.25, 0.3) is 0 Å². The number of hydrogen-bond donors (Lipinski definition) is 2. The molecular formula is C11H22N2O. The molecule has 0 radical (unpaired) electrons. The zero-order chi connectivity index (χ0) is 10.6. The first-order valence-corrected chi connectivity index (χ1v) is 5.66. The molecule has 0 aromatic carbocycles. The van der Waals surface area contributed by atoms with E-state index in [2.05, 4.69) is 19.2 Å². The van der Waals surface area contributed by atoms with Gasteiger partial charge < -0.3 is 11.1 Å². The Bertz CT molecular complexity index is 197. The monoisotopic (exact) mass is 198 g/mol. The second-order valence-electron chi connectivity index (χ2n) is 4.45. The quantitative estimate of drug-likeness (QED) is 0.699. The third-order valence-corrected chi connectivity index (χ3v) is 3.40. The molecule has 1 saturated heterocycles. The van der Waals surface area contributed by atoms with Crippen molar-refractivity contribution >= 4 is 5.91 Å². The lowest BCUT2D eigenvalue weighted by Crippen LogP contribution is -2.38. The highest BCUT2D eigenvalue weighted by molar-refractivity contribution is 5.78. The van der Waals surface area contributed by atoms with Gasteiger partial charge in [0, 0.05) is 13.1 Å². The fourth-order valence-corrected chi connectivity index (χ4v) is 2.85. The van der Waals surface area contributed by atoms with E-state index in [0.717, 1.165) is 38.8 Å². The lowest BCUT2D eigenvalue weighted by Gasteiger charge is -2.32. The van der Waals surface area contributed by atoms with E-state index in [4.69, 9.17) is 5.73 Å². The maximum absolute atomic E-state index is 11.3. The van der Waals surface area contributed by atoms with Gasteiger partial charge in [-0.15, -0.1) is 0 Å². The highest BCUT2D eigenvalue weighted by Gasteiger charge is 2.44. The average molecular weight is 198 g/mol. The zero-order valence-corrected chi connectivity index (χ0v) is 9.31. The van der Waals surface area contributed by atoms with Crippen LogP contribution in [0.15, 0.2) is 0 Å². The number of carbonyl (C=O) groups excluding carboxylic acids is 1. The van der Waals surface area contributed by atoms with Crippen molar-refractivity contribution in [3.63, 3.8) is 0 Å². The zero-order valence-electron chi connectivity index (χ0n) is 9.31. The van der Waals surface area contributed by atoms with E-state index in [-0.39, 0.29) is 17.2 Å². The van der Waals surface area contributed by atoms with Crippen LogP contribution in [0.1, 0.15) is 39.5 Å². The van der Waals surface area contributed by atoms with Crippen LogP contribution >= 0.6 is 0 Å². The van der Waals surface area contributed by atoms with Gasteiger partial charge in [-0.05, 0) is 18.3 Å². The van der Waals surface area contributed by atoms with Crippen LogP contribution in [0.5, 0.6) is 0 Å². The molecule has 3 nitrogen and oxygen atoms in total. The minimum absolute atomic E-state index is 0.0439. The van der Waals surface area contributed by atoms with Crippen LogP contribution in [0.2, 0.25) is 0 Å². The number of amides is 1. The van der Waals surface area contributed by atoms with Gasteiger partial charge in [-0.2, -0.15) is 0 Å². The van der Waals surface area contributed by atoms with E-state index in [1.807, 2.05) is 0 Å². The smallest absolute Gasteiger partial charge is 0.222 e. The molecule has 0 spiro atoms. The van der Waals surface area contributed by atoms with Crippen molar-refractivity contribution in [3.8, 4) is 0 Å². The van der Waals surface area contributed by atoms with Crippen LogP contribution in [-0.2, 0) is 4.79 Å². The molecule has 1 aliphatic rings. The molecule has 0 aromatic heterocycles. The third kappa shape index (κ3) is 2.08. The number of primary amides is 1. The van der Waals surface area contributed by atoms with Crippen molar-refractivity contribution in [1.29, 1.82) is 0 Å². The number of carbonyl (C=O) groups is 1. The van der Waals surface area contributed by atoms with Crippen molar-refractivity contribution in [3.05, 3.63) is 0 Å². The van der Waals surface area contributed by atoms with Gasteiger partial charge in [-0.25, -0.2) is 0 Å². The minimum Gasteiger partial charge on any atom is -0.369 e. The van der Waals surface area contributed by atoms with Gasteiger partial charge in [0.25, 0.3) is 0 Å². The number of nitrogens with one attached hydrogen (secondary N) is 1. The Balaban J connectivity index is 2.77. The molecule has 82 valence electrons. The average Bonchev–Trinajstić information content (AvgIpc) is 2.50. The fourth-order valence-electron chi connectivity index (χ4n) is 2.85. The van der Waals surface area contributed by atoms with Crippen LogP contribution in [-0.4, -0.2) is 19.0 Å². The van der Waals surface area contributed by atoms with Crippen molar-refractivity contribution in [2.24, 2.45) is 17.1 Å². The van der Waals surface area contributed by atoms with E-state index in [9.17, 15) is 4.79 Å². The van der Waals surface area contributed by atoms with Gasteiger partial charge in [-0.1, -0.05) is 26.7 Å². The second kappa shape index (κ2) is 4.78. The van der Waals surface area contributed by atoms with Gasteiger partial charge >= 0.3 is 0 Å². The van der Waals surface area contributed by atoms with Gasteiger partial charge in [0.2, 0.25) is 5.91 Å². The SMILES string of the molecule is CCCC1(CCC)CNCC1C(N)=O. The van der Waals surface area contributed by atoms with E-state index in [1.54, 1.807) is 0 Å². The summed E-state index contributed by atoms with van der Waals surface area (Å²) in [5.41, 5.74) is 5.60. The lowest BCUT2D eigenvalue weighted by molar-refractivity contribution is -0.124. The Labute approximate surface area is 86.4 Å². The molecule has 1 fully saturated rings. The summed E-state index contributed by atoms with van der Waals surface area (Å²) in [6.45, 7) is 6.08. The summed E-state index contributed by atoms with van der Waals surface area (Å²) in [5.74, 6) is -0.0840. The van der Waals surface area contributed by atoms with Gasteiger partial charge in [0.1, 0.15) is 0 Å². The van der Waals surface area contributed by atoms with E-state index < -0.39 is 0 Å². The molecule has 0 aromatic rings. The molecule has 1 rings (SSSR count). The largest absolute Gasteiger partial charge is 0.369 e. The van der Waals surface area contributed by atoms with E-state index in [0.29, 0.717) is 0 Å². The Morgan fingerprint density at radius 2 is 2.00 bits per heavy atom. The summed E-state index contributed by atoms with van der Waals surface area (Å²) in [6.07, 6.45) is 4.49. The van der Waals surface area contributed by atoms with Crippen LogP contribution < -0.4 is 11.1 Å². The highest BCUT2D eigenvalue weighted by atomic mass is 16.1. The molecular weight excluding hydrogens is 176 g/mol. The van der Waals surface area contributed by atoms with E-state index in [1.165, 1.54) is 0 Å². The predicted molar refractivity (Wildman–Crippen MR) is 57.8 cm³/mol. The van der Waals surface area contributed by atoms with Crippen LogP contribution in [0.4, 0.5) is 0 Å². The summed E-state index contributed by atoms with van der Waals surface area (Å²) in [5, 5.41) is 3.31. The fraction of sp³-hybridized carbons (Fsp3) is 0.909. The predicted octanol–water partition coefficient (Wildman–Crippen LogP) is 1.28. The van der Waals surface area contributed by atoms with Crippen LogP contribution in [0.3, 0.4) is 0 Å². The first kappa shape index (κ1) is 11.5. The standard InChI is InChI=1S/C11H22N2O/c1-3-5-11(6-4-2)8-13-7-9(11)10(12)14/h9,13H,3-8H2,1-2H3,(H2,12,14). The summed E-state index contributed by atoms with van der Waals surface area (Å²) in [4.78, 5) is 11.3. The van der Waals surface area contributed by atoms with Crippen molar-refractivity contribution in [1.82, 2.24) is 5.32 Å². The van der Waals surface area contributed by atoms with Crippen molar-refractivity contribution in [2.45, 2.75) is 39.5 Å². The van der Waals surface area contributed by atoms with Crippen molar-refractivity contribution < 1.29 is 4.79 Å². The molecule has 0 aliphatic carbocycles. The van der Waals surface area contributed by atoms with Crippen molar-refractivity contribution in [2.75, 3.05) is 13.1 Å². The Kier molecular flexibility index (Phi) is 3.93. The molecule has 14 heavy (non-hydrogen) atoms. The summed E-state index contributed by atoms with van der Waals surface area (Å²) in [7, 11) is 0. The first-order chi connectivity index (χ1) is 6.66. The van der Waals surface area contributed by atoms with Gasteiger partial charge in [-0.3, -0.25) is 4.79 Å². The van der Waals surface area contributed by atoms with E-state index >= 15 is 0 Å².